The van der Waals surface area contributed by atoms with Gasteiger partial charge >= 0.3 is 0 Å². The lowest BCUT2D eigenvalue weighted by Gasteiger charge is -2.11. The van der Waals surface area contributed by atoms with Crippen LogP contribution in [0.3, 0.4) is 0 Å². The minimum absolute atomic E-state index is 0.0231. The maximum Gasteiger partial charge on any atom is 0.0970 e. The molecule has 2 N–H and O–H groups in total. The molecule has 0 amide bonds. The van der Waals surface area contributed by atoms with Gasteiger partial charge in [-0.2, -0.15) is 0 Å². The van der Waals surface area contributed by atoms with Crippen molar-refractivity contribution in [2.24, 2.45) is 0 Å². The zero-order valence-corrected chi connectivity index (χ0v) is 5.63. The van der Waals surface area contributed by atoms with Gasteiger partial charge in [-0.25, -0.2) is 0 Å². The number of hydrogen-bond acceptors (Lipinski definition) is 3. The van der Waals surface area contributed by atoms with Gasteiger partial charge in [0.05, 0.1) is 12.2 Å². The van der Waals surface area contributed by atoms with Crippen LogP contribution in [0.1, 0.15) is 6.92 Å². The number of aliphatic hydroxyl groups excluding tert-OH is 1. The van der Waals surface area contributed by atoms with Crippen LogP contribution in [0.15, 0.2) is 0 Å². The van der Waals surface area contributed by atoms with Gasteiger partial charge in [0.1, 0.15) is 0 Å². The molecule has 0 aromatic rings. The van der Waals surface area contributed by atoms with Gasteiger partial charge in [0.15, 0.2) is 0 Å². The molecular formula is C6H13NO2. The van der Waals surface area contributed by atoms with Crippen LogP contribution in [0, 0.1) is 0 Å². The van der Waals surface area contributed by atoms with Crippen molar-refractivity contribution in [3.8, 4) is 0 Å². The van der Waals surface area contributed by atoms with E-state index in [0.29, 0.717) is 13.2 Å². The highest BCUT2D eigenvalue weighted by molar-refractivity contribution is 4.80. The average molecular weight is 131 g/mol. The number of aliphatic hydroxyl groups is 1. The molecule has 0 aromatic heterocycles. The van der Waals surface area contributed by atoms with E-state index in [1.165, 1.54) is 0 Å². The number of ether oxygens (including phenoxy) is 1. The molecule has 2 unspecified atom stereocenters. The second kappa shape index (κ2) is 3.15. The minimum atomic E-state index is -0.301. The molecule has 0 aliphatic carbocycles. The third-order valence-corrected chi connectivity index (χ3v) is 1.51. The van der Waals surface area contributed by atoms with Crippen LogP contribution in [0.5, 0.6) is 0 Å². The molecule has 0 saturated carbocycles. The first-order valence-corrected chi connectivity index (χ1v) is 3.35. The van der Waals surface area contributed by atoms with Gasteiger partial charge in [-0.1, -0.05) is 0 Å². The predicted octanol–water partition coefficient (Wildman–Crippen LogP) is -0.644. The van der Waals surface area contributed by atoms with Gasteiger partial charge < -0.3 is 15.2 Å². The Balaban J connectivity index is 2.22. The molecule has 1 aliphatic rings. The van der Waals surface area contributed by atoms with Crippen molar-refractivity contribution in [2.45, 2.75) is 19.1 Å². The quantitative estimate of drug-likeness (QED) is 0.523. The van der Waals surface area contributed by atoms with E-state index in [-0.39, 0.29) is 12.2 Å². The Labute approximate surface area is 55.0 Å². The first kappa shape index (κ1) is 6.99. The van der Waals surface area contributed by atoms with Crippen LogP contribution in [-0.4, -0.2) is 37.0 Å². The highest BCUT2D eigenvalue weighted by Crippen LogP contribution is 2.03. The van der Waals surface area contributed by atoms with Crippen molar-refractivity contribution in [1.82, 2.24) is 5.32 Å². The Morgan fingerprint density at radius 1 is 1.67 bits per heavy atom. The summed E-state index contributed by atoms with van der Waals surface area (Å²) in [5.74, 6) is 0. The van der Waals surface area contributed by atoms with Crippen molar-refractivity contribution in [3.63, 3.8) is 0 Å². The Morgan fingerprint density at radius 2 is 2.44 bits per heavy atom. The van der Waals surface area contributed by atoms with Crippen LogP contribution in [0.4, 0.5) is 0 Å². The summed E-state index contributed by atoms with van der Waals surface area (Å²) in [5.41, 5.74) is 0. The van der Waals surface area contributed by atoms with Crippen LogP contribution in [0.25, 0.3) is 0 Å². The largest absolute Gasteiger partial charge is 0.389 e. The van der Waals surface area contributed by atoms with Gasteiger partial charge in [-0.05, 0) is 6.92 Å². The number of nitrogens with one attached hydrogen (secondary N) is 1. The molecule has 9 heavy (non-hydrogen) atoms. The summed E-state index contributed by atoms with van der Waals surface area (Å²) in [4.78, 5) is 0. The molecule has 1 saturated heterocycles. The fourth-order valence-electron chi connectivity index (χ4n) is 1.03. The van der Waals surface area contributed by atoms with Crippen molar-refractivity contribution in [2.75, 3.05) is 19.7 Å². The Kier molecular flexibility index (Phi) is 2.45. The third kappa shape index (κ3) is 1.64. The first-order valence-electron chi connectivity index (χ1n) is 3.35. The fourth-order valence-corrected chi connectivity index (χ4v) is 1.03. The molecule has 0 spiro atoms. The zero-order chi connectivity index (χ0) is 6.69. The second-order valence-electron chi connectivity index (χ2n) is 2.22. The second-order valence-corrected chi connectivity index (χ2v) is 2.22. The smallest absolute Gasteiger partial charge is 0.0970 e. The summed E-state index contributed by atoms with van der Waals surface area (Å²) in [5, 5.41) is 12.2. The zero-order valence-electron chi connectivity index (χ0n) is 5.63. The summed E-state index contributed by atoms with van der Waals surface area (Å²) in [6, 6.07) is 0. The van der Waals surface area contributed by atoms with Crippen molar-refractivity contribution >= 4 is 0 Å². The molecule has 2 atom stereocenters. The highest BCUT2D eigenvalue weighted by atomic mass is 16.5. The van der Waals surface area contributed by atoms with Gasteiger partial charge in [0, 0.05) is 19.7 Å². The topological polar surface area (TPSA) is 41.5 Å². The van der Waals surface area contributed by atoms with Gasteiger partial charge in [-0.3, -0.25) is 0 Å². The molecule has 0 bridgehead atoms. The van der Waals surface area contributed by atoms with E-state index < -0.39 is 0 Å². The van der Waals surface area contributed by atoms with E-state index >= 15 is 0 Å². The molecule has 3 heteroatoms. The monoisotopic (exact) mass is 131 g/mol. The van der Waals surface area contributed by atoms with E-state index in [9.17, 15) is 0 Å². The molecular weight excluding hydrogens is 118 g/mol. The first-order chi connectivity index (χ1) is 4.34. The van der Waals surface area contributed by atoms with E-state index in [1.807, 2.05) is 6.92 Å². The van der Waals surface area contributed by atoms with E-state index in [4.69, 9.17) is 9.84 Å². The number of rotatable bonds is 2. The molecule has 3 nitrogen and oxygen atoms in total. The maximum atomic E-state index is 9.13. The summed E-state index contributed by atoms with van der Waals surface area (Å²) < 4.78 is 5.20. The molecule has 1 rings (SSSR count). The molecule has 54 valence electrons. The van der Waals surface area contributed by atoms with Gasteiger partial charge in [0.2, 0.25) is 0 Å². The summed E-state index contributed by atoms with van der Waals surface area (Å²) in [6.45, 7) is 4.08. The molecule has 1 fully saturated rings. The summed E-state index contributed by atoms with van der Waals surface area (Å²) >= 11 is 0. The van der Waals surface area contributed by atoms with Crippen LogP contribution < -0.4 is 5.32 Å². The van der Waals surface area contributed by atoms with E-state index in [2.05, 4.69) is 5.32 Å². The lowest BCUT2D eigenvalue weighted by atomic mass is 10.3. The molecule has 0 radical (unpaired) electrons. The van der Waals surface area contributed by atoms with E-state index in [0.717, 1.165) is 6.54 Å². The van der Waals surface area contributed by atoms with Crippen molar-refractivity contribution < 1.29 is 9.84 Å². The van der Waals surface area contributed by atoms with Gasteiger partial charge in [-0.15, -0.1) is 0 Å². The standard InChI is InChI=1S/C6H13NO2/c1-2-9-6-4-7-3-5(6)8/h5-8H,2-4H2,1H3. The lowest BCUT2D eigenvalue weighted by Crippen LogP contribution is -2.26. The fraction of sp³-hybridized carbons (Fsp3) is 1.00. The molecule has 1 heterocycles. The maximum absolute atomic E-state index is 9.13. The highest BCUT2D eigenvalue weighted by Gasteiger charge is 2.24. The normalized spacial score (nSPS) is 35.3. The van der Waals surface area contributed by atoms with Crippen LogP contribution >= 0.6 is 0 Å². The Hall–Kier alpha value is -0.120. The number of β-amino-alcohol motifs (C(OH)–C–C–N with tert-alkyl or cyclic N) is 1. The molecule has 0 aromatic carbocycles. The Bertz CT molecular complexity index is 87.1. The van der Waals surface area contributed by atoms with Crippen molar-refractivity contribution in [3.05, 3.63) is 0 Å². The average Bonchev–Trinajstić information content (AvgIpc) is 2.18. The number of hydrogen-bond donors (Lipinski definition) is 2. The van der Waals surface area contributed by atoms with Crippen LogP contribution in [0.2, 0.25) is 0 Å². The summed E-state index contributed by atoms with van der Waals surface area (Å²) in [7, 11) is 0. The minimum Gasteiger partial charge on any atom is -0.389 e. The van der Waals surface area contributed by atoms with E-state index in [1.54, 1.807) is 0 Å². The molecule has 1 aliphatic heterocycles. The van der Waals surface area contributed by atoms with Crippen LogP contribution in [-0.2, 0) is 4.74 Å². The lowest BCUT2D eigenvalue weighted by molar-refractivity contribution is -0.00196. The summed E-state index contributed by atoms with van der Waals surface area (Å²) in [6.07, 6.45) is -0.278. The Morgan fingerprint density at radius 3 is 2.89 bits per heavy atom. The van der Waals surface area contributed by atoms with Gasteiger partial charge in [0.25, 0.3) is 0 Å². The third-order valence-electron chi connectivity index (χ3n) is 1.51. The SMILES string of the molecule is CCOC1CNCC1O. The van der Waals surface area contributed by atoms with Crippen molar-refractivity contribution in [1.29, 1.82) is 0 Å². The predicted molar refractivity (Wildman–Crippen MR) is 34.3 cm³/mol.